The molecule has 0 radical (unpaired) electrons. The average Bonchev–Trinajstić information content (AvgIpc) is 1.90. The van der Waals surface area contributed by atoms with Gasteiger partial charge in [0.2, 0.25) is 0 Å². The fraction of sp³-hybridized carbons (Fsp3) is 0.250. The number of carbonyl (C=O) groups excluding carboxylic acids is 1. The molecule has 0 fully saturated rings. The van der Waals surface area contributed by atoms with Crippen molar-refractivity contribution in [3.63, 3.8) is 0 Å². The lowest BCUT2D eigenvalue weighted by Gasteiger charge is -2.08. The molecule has 0 atom stereocenters. The van der Waals surface area contributed by atoms with Crippen LogP contribution in [0.5, 0.6) is 0 Å². The van der Waals surface area contributed by atoms with Crippen molar-refractivity contribution in [1.29, 1.82) is 0 Å². The molecule has 1 heterocycles. The van der Waals surface area contributed by atoms with Gasteiger partial charge < -0.3 is 4.84 Å². The number of nitrogens with one attached hydrogen (secondary N) is 1. The van der Waals surface area contributed by atoms with Crippen molar-refractivity contribution < 1.29 is 14.5 Å². The Morgan fingerprint density at radius 2 is 2.75 bits per heavy atom. The largest absolute Gasteiger partial charge is 0.391 e. The number of hydrogen-bond donors (Lipinski definition) is 1. The zero-order valence-electron chi connectivity index (χ0n) is 4.09. The van der Waals surface area contributed by atoms with Crippen LogP contribution in [0.2, 0.25) is 0 Å². The highest BCUT2D eigenvalue weighted by molar-refractivity contribution is 5.72. The maximum Gasteiger partial charge on any atom is 0.151 e. The lowest BCUT2D eigenvalue weighted by atomic mass is 10.4. The molecule has 8 heavy (non-hydrogen) atoms. The van der Waals surface area contributed by atoms with Crippen LogP contribution >= 0.6 is 0 Å². The zero-order valence-corrected chi connectivity index (χ0v) is 4.09. The van der Waals surface area contributed by atoms with Gasteiger partial charge in [0.25, 0.3) is 0 Å². The summed E-state index contributed by atoms with van der Waals surface area (Å²) < 4.78 is 0. The first-order chi connectivity index (χ1) is 3.93. The summed E-state index contributed by atoms with van der Waals surface area (Å²) in [5.74, 6) is 0. The Morgan fingerprint density at radius 1 is 1.88 bits per heavy atom. The molecule has 1 N–H and O–H groups in total. The molecule has 0 aromatic rings. The van der Waals surface area contributed by atoms with Crippen molar-refractivity contribution in [3.8, 4) is 0 Å². The van der Waals surface area contributed by atoms with Crippen LogP contribution in [0.15, 0.2) is 11.8 Å². The number of rotatable bonds is 1. The lowest BCUT2D eigenvalue weighted by molar-refractivity contribution is -0.145. The minimum atomic E-state index is 0.267. The Bertz CT molecular complexity index is 120. The van der Waals surface area contributed by atoms with E-state index in [1.165, 1.54) is 6.26 Å². The first kappa shape index (κ1) is 5.27. The van der Waals surface area contributed by atoms with Crippen LogP contribution in [0, 0.1) is 0 Å². The molecule has 0 spiro atoms. The first-order valence-electron chi connectivity index (χ1n) is 2.10. The maximum atomic E-state index is 9.90. The minimum Gasteiger partial charge on any atom is -0.391 e. The van der Waals surface area contributed by atoms with Crippen LogP contribution in [0.4, 0.5) is 0 Å². The van der Waals surface area contributed by atoms with Crippen molar-refractivity contribution in [1.82, 2.24) is 5.64 Å². The summed E-state index contributed by atoms with van der Waals surface area (Å²) in [6, 6.07) is 0. The zero-order chi connectivity index (χ0) is 5.82. The topological polar surface area (TPSA) is 47.6 Å². The third kappa shape index (κ3) is 1.05. The number of hydrogen-bond acceptors (Lipinski definition) is 4. The fourth-order valence-electron chi connectivity index (χ4n) is 0.342. The fourth-order valence-corrected chi connectivity index (χ4v) is 0.342. The Hall–Kier alpha value is -0.870. The van der Waals surface area contributed by atoms with Gasteiger partial charge in [-0.2, -0.15) is 0 Å². The quantitative estimate of drug-likeness (QED) is 0.469. The molecular formula is C4H5NO3. The minimum absolute atomic E-state index is 0.267. The van der Waals surface area contributed by atoms with Gasteiger partial charge in [-0.05, 0) is 5.64 Å². The molecule has 0 bridgehead atoms. The Kier molecular flexibility index (Phi) is 1.61. The van der Waals surface area contributed by atoms with Crippen LogP contribution < -0.4 is 5.64 Å². The summed E-state index contributed by atoms with van der Waals surface area (Å²) in [7, 11) is 0. The molecular weight excluding hydrogens is 110 g/mol. The van der Waals surface area contributed by atoms with Gasteiger partial charge in [0.15, 0.2) is 6.29 Å². The molecule has 44 valence electrons. The molecule has 0 saturated carbocycles. The van der Waals surface area contributed by atoms with Gasteiger partial charge in [0, 0.05) is 0 Å². The van der Waals surface area contributed by atoms with E-state index in [-0.39, 0.29) is 6.61 Å². The second kappa shape index (κ2) is 2.44. The van der Waals surface area contributed by atoms with E-state index in [9.17, 15) is 4.79 Å². The molecule has 0 saturated heterocycles. The van der Waals surface area contributed by atoms with Crippen LogP contribution in [0.25, 0.3) is 0 Å². The van der Waals surface area contributed by atoms with Crippen LogP contribution in [0.3, 0.4) is 0 Å². The van der Waals surface area contributed by atoms with Gasteiger partial charge in [-0.15, -0.1) is 0 Å². The molecule has 0 aromatic heterocycles. The van der Waals surface area contributed by atoms with Crippen molar-refractivity contribution in [2.75, 3.05) is 6.61 Å². The second-order valence-corrected chi connectivity index (χ2v) is 1.30. The summed E-state index contributed by atoms with van der Waals surface area (Å²) >= 11 is 0. The molecule has 1 aliphatic heterocycles. The predicted octanol–water partition coefficient (Wildman–Crippen LogP) is -0.464. The standard InChI is InChI=1S/C4H5NO3/c6-1-4-2-7-5-8-3-4/h1-2,5H,3H2. The molecule has 4 heteroatoms. The highest BCUT2D eigenvalue weighted by Crippen LogP contribution is 1.93. The number of aldehydes is 1. The Labute approximate surface area is 46.0 Å². The van der Waals surface area contributed by atoms with Gasteiger partial charge >= 0.3 is 0 Å². The van der Waals surface area contributed by atoms with Gasteiger partial charge in [-0.3, -0.25) is 9.63 Å². The van der Waals surface area contributed by atoms with Gasteiger partial charge in [-0.1, -0.05) is 0 Å². The molecule has 1 rings (SSSR count). The first-order valence-corrected chi connectivity index (χ1v) is 2.10. The molecule has 0 amide bonds. The Balaban J connectivity index is 2.49. The highest BCUT2D eigenvalue weighted by atomic mass is 16.9. The predicted molar refractivity (Wildman–Crippen MR) is 24.3 cm³/mol. The van der Waals surface area contributed by atoms with E-state index in [1.807, 2.05) is 0 Å². The summed E-state index contributed by atoms with van der Waals surface area (Å²) in [6.45, 7) is 0.267. The van der Waals surface area contributed by atoms with E-state index in [1.54, 1.807) is 0 Å². The van der Waals surface area contributed by atoms with E-state index in [0.29, 0.717) is 11.9 Å². The average molecular weight is 115 g/mol. The van der Waals surface area contributed by atoms with E-state index < -0.39 is 0 Å². The van der Waals surface area contributed by atoms with Gasteiger partial charge in [-0.25, -0.2) is 0 Å². The highest BCUT2D eigenvalue weighted by Gasteiger charge is 2.00. The summed E-state index contributed by atoms with van der Waals surface area (Å²) in [4.78, 5) is 18.8. The van der Waals surface area contributed by atoms with Crippen LogP contribution in [-0.4, -0.2) is 12.9 Å². The van der Waals surface area contributed by atoms with E-state index in [2.05, 4.69) is 15.3 Å². The van der Waals surface area contributed by atoms with Gasteiger partial charge in [0.1, 0.15) is 12.9 Å². The Morgan fingerprint density at radius 3 is 3.12 bits per heavy atom. The molecule has 0 unspecified atom stereocenters. The van der Waals surface area contributed by atoms with Crippen molar-refractivity contribution in [2.24, 2.45) is 0 Å². The lowest BCUT2D eigenvalue weighted by Crippen LogP contribution is -2.19. The van der Waals surface area contributed by atoms with Crippen LogP contribution in [-0.2, 0) is 14.5 Å². The smallest absolute Gasteiger partial charge is 0.151 e. The molecule has 1 aliphatic rings. The second-order valence-electron chi connectivity index (χ2n) is 1.30. The van der Waals surface area contributed by atoms with Gasteiger partial charge in [0.05, 0.1) is 5.57 Å². The number of carbonyl (C=O) groups is 1. The van der Waals surface area contributed by atoms with Crippen LogP contribution in [0.1, 0.15) is 0 Å². The van der Waals surface area contributed by atoms with Crippen molar-refractivity contribution in [2.45, 2.75) is 0 Å². The van der Waals surface area contributed by atoms with Crippen molar-refractivity contribution in [3.05, 3.63) is 11.8 Å². The maximum absolute atomic E-state index is 9.90. The third-order valence-electron chi connectivity index (χ3n) is 0.708. The van der Waals surface area contributed by atoms with E-state index >= 15 is 0 Å². The summed E-state index contributed by atoms with van der Waals surface area (Å²) in [5, 5.41) is 0. The van der Waals surface area contributed by atoms with E-state index in [0.717, 1.165) is 0 Å². The summed E-state index contributed by atoms with van der Waals surface area (Å²) in [5.41, 5.74) is 2.60. The third-order valence-corrected chi connectivity index (χ3v) is 0.708. The molecule has 0 aromatic carbocycles. The monoisotopic (exact) mass is 115 g/mol. The normalized spacial score (nSPS) is 18.8. The molecule has 0 aliphatic carbocycles. The SMILES string of the molecule is O=CC1=CONOC1. The summed E-state index contributed by atoms with van der Waals surface area (Å²) in [6.07, 6.45) is 1.98. The van der Waals surface area contributed by atoms with Crippen molar-refractivity contribution >= 4 is 6.29 Å². The van der Waals surface area contributed by atoms with E-state index in [4.69, 9.17) is 0 Å². The molecule has 4 nitrogen and oxygen atoms in total.